The minimum Gasteiger partial charge on any atom is -0.484 e. The number of ether oxygens (including phenoxy) is 1. The van der Waals surface area contributed by atoms with Gasteiger partial charge >= 0.3 is 0 Å². The van der Waals surface area contributed by atoms with Crippen LogP contribution in [0, 0.1) is 19.7 Å². The minimum atomic E-state index is -0.312. The van der Waals surface area contributed by atoms with Crippen LogP contribution >= 0.6 is 11.8 Å². The summed E-state index contributed by atoms with van der Waals surface area (Å²) in [6.45, 7) is 5.75. The minimum absolute atomic E-state index is 0.176. The standard InChI is InChI=1S/C21H19FN4O3S/c1-12-5-4-6-16(9-12)27-11-18-24-25-21(28-18)30-14(3)20-23-19(26-29-20)15-8-7-13(2)17(22)10-15/h4-10,14H,11H2,1-3H3. The molecular weight excluding hydrogens is 407 g/mol. The molecule has 2 aromatic heterocycles. The molecule has 0 spiro atoms. The van der Waals surface area contributed by atoms with Crippen LogP contribution in [0.15, 0.2) is 56.6 Å². The van der Waals surface area contributed by atoms with Gasteiger partial charge in [0.25, 0.3) is 11.1 Å². The highest BCUT2D eigenvalue weighted by Gasteiger charge is 2.20. The Bertz CT molecular complexity index is 1160. The average molecular weight is 426 g/mol. The van der Waals surface area contributed by atoms with Crippen molar-refractivity contribution in [2.75, 3.05) is 0 Å². The highest BCUT2D eigenvalue weighted by Crippen LogP contribution is 2.34. The second kappa shape index (κ2) is 8.66. The summed E-state index contributed by atoms with van der Waals surface area (Å²) in [6, 6.07) is 12.5. The fourth-order valence-corrected chi connectivity index (χ4v) is 3.38. The molecule has 0 aliphatic carbocycles. The van der Waals surface area contributed by atoms with E-state index in [9.17, 15) is 4.39 Å². The van der Waals surface area contributed by atoms with Crippen LogP contribution < -0.4 is 4.74 Å². The summed E-state index contributed by atoms with van der Waals surface area (Å²) in [6.07, 6.45) is 0. The first kappa shape index (κ1) is 20.1. The molecule has 1 atom stereocenters. The Balaban J connectivity index is 1.38. The zero-order chi connectivity index (χ0) is 21.1. The number of nitrogens with zero attached hydrogens (tertiary/aromatic N) is 4. The summed E-state index contributed by atoms with van der Waals surface area (Å²) in [7, 11) is 0. The molecule has 0 bridgehead atoms. The number of benzene rings is 2. The molecule has 0 radical (unpaired) electrons. The zero-order valence-electron chi connectivity index (χ0n) is 16.6. The van der Waals surface area contributed by atoms with Gasteiger partial charge < -0.3 is 13.7 Å². The Kier molecular flexibility index (Phi) is 5.80. The van der Waals surface area contributed by atoms with Crippen LogP contribution in [0.3, 0.4) is 0 Å². The molecule has 0 aliphatic heterocycles. The third kappa shape index (κ3) is 4.68. The number of thioether (sulfide) groups is 1. The van der Waals surface area contributed by atoms with Crippen molar-refractivity contribution < 1.29 is 18.1 Å². The molecule has 2 aromatic carbocycles. The van der Waals surface area contributed by atoms with Gasteiger partial charge in [-0.25, -0.2) is 4.39 Å². The Labute approximate surface area is 176 Å². The molecule has 154 valence electrons. The first-order chi connectivity index (χ1) is 14.5. The van der Waals surface area contributed by atoms with Crippen LogP contribution in [0.2, 0.25) is 0 Å². The van der Waals surface area contributed by atoms with Crippen molar-refractivity contribution in [2.24, 2.45) is 0 Å². The van der Waals surface area contributed by atoms with Crippen molar-refractivity contribution in [1.82, 2.24) is 20.3 Å². The zero-order valence-corrected chi connectivity index (χ0v) is 17.4. The number of aromatic nitrogens is 4. The average Bonchev–Trinajstić information content (AvgIpc) is 3.38. The summed E-state index contributed by atoms with van der Waals surface area (Å²) < 4.78 is 30.4. The van der Waals surface area contributed by atoms with Gasteiger partial charge in [-0.15, -0.1) is 10.2 Å². The second-order valence-corrected chi connectivity index (χ2v) is 8.04. The van der Waals surface area contributed by atoms with E-state index in [1.54, 1.807) is 19.1 Å². The number of hydrogen-bond donors (Lipinski definition) is 0. The van der Waals surface area contributed by atoms with E-state index in [-0.39, 0.29) is 17.7 Å². The molecule has 30 heavy (non-hydrogen) atoms. The quantitative estimate of drug-likeness (QED) is 0.368. The van der Waals surface area contributed by atoms with Crippen molar-refractivity contribution in [3.63, 3.8) is 0 Å². The van der Waals surface area contributed by atoms with Crippen molar-refractivity contribution in [2.45, 2.75) is 37.9 Å². The maximum atomic E-state index is 13.8. The maximum absolute atomic E-state index is 13.8. The highest BCUT2D eigenvalue weighted by molar-refractivity contribution is 7.99. The van der Waals surface area contributed by atoms with Gasteiger partial charge in [0.2, 0.25) is 11.7 Å². The monoisotopic (exact) mass is 426 g/mol. The predicted octanol–water partition coefficient (Wildman–Crippen LogP) is 5.31. The van der Waals surface area contributed by atoms with Crippen LogP contribution in [0.5, 0.6) is 5.75 Å². The Morgan fingerprint density at radius 3 is 2.80 bits per heavy atom. The smallest absolute Gasteiger partial charge is 0.277 e. The largest absolute Gasteiger partial charge is 0.484 e. The van der Waals surface area contributed by atoms with Crippen molar-refractivity contribution in [1.29, 1.82) is 0 Å². The van der Waals surface area contributed by atoms with E-state index in [1.807, 2.05) is 38.1 Å². The lowest BCUT2D eigenvalue weighted by atomic mass is 10.1. The Morgan fingerprint density at radius 2 is 2.00 bits per heavy atom. The van der Waals surface area contributed by atoms with Gasteiger partial charge in [-0.05, 0) is 50.1 Å². The molecule has 0 fully saturated rings. The summed E-state index contributed by atoms with van der Waals surface area (Å²) in [5, 5.41) is 12.1. The van der Waals surface area contributed by atoms with Gasteiger partial charge in [-0.2, -0.15) is 4.98 Å². The van der Waals surface area contributed by atoms with Crippen LogP contribution in [0.25, 0.3) is 11.4 Å². The summed E-state index contributed by atoms with van der Waals surface area (Å²) in [5.41, 5.74) is 2.22. The number of hydrogen-bond acceptors (Lipinski definition) is 8. The lowest BCUT2D eigenvalue weighted by Gasteiger charge is -2.03. The lowest BCUT2D eigenvalue weighted by Crippen LogP contribution is -1.95. The summed E-state index contributed by atoms with van der Waals surface area (Å²) >= 11 is 1.29. The summed E-state index contributed by atoms with van der Waals surface area (Å²) in [4.78, 5) is 4.36. The number of aryl methyl sites for hydroxylation is 2. The first-order valence-corrected chi connectivity index (χ1v) is 10.1. The lowest BCUT2D eigenvalue weighted by molar-refractivity contribution is 0.252. The van der Waals surface area contributed by atoms with Crippen LogP contribution in [-0.2, 0) is 6.61 Å². The van der Waals surface area contributed by atoms with Crippen molar-refractivity contribution >= 4 is 11.8 Å². The molecule has 0 amide bonds. The van der Waals surface area contributed by atoms with Crippen molar-refractivity contribution in [3.05, 3.63) is 71.2 Å². The molecular formula is C21H19FN4O3S. The molecule has 7 nitrogen and oxygen atoms in total. The van der Waals surface area contributed by atoms with E-state index in [4.69, 9.17) is 13.7 Å². The molecule has 0 N–H and O–H groups in total. The van der Waals surface area contributed by atoms with Crippen LogP contribution in [0.1, 0.15) is 35.1 Å². The van der Waals surface area contributed by atoms with Gasteiger partial charge in [0.05, 0.1) is 5.25 Å². The number of halogens is 1. The SMILES string of the molecule is Cc1cccc(OCc2nnc(SC(C)c3nc(-c4ccc(C)c(F)c4)no3)o2)c1. The number of rotatable bonds is 7. The fourth-order valence-electron chi connectivity index (χ4n) is 2.65. The van der Waals surface area contributed by atoms with Gasteiger partial charge in [0.15, 0.2) is 6.61 Å². The van der Waals surface area contributed by atoms with E-state index in [0.29, 0.717) is 34.0 Å². The third-order valence-corrected chi connectivity index (χ3v) is 5.22. The second-order valence-electron chi connectivity index (χ2n) is 6.75. The van der Waals surface area contributed by atoms with Crippen molar-refractivity contribution in [3.8, 4) is 17.1 Å². The van der Waals surface area contributed by atoms with E-state index < -0.39 is 0 Å². The molecule has 2 heterocycles. The van der Waals surface area contributed by atoms with E-state index in [1.165, 1.54) is 17.8 Å². The molecule has 0 saturated carbocycles. The van der Waals surface area contributed by atoms with E-state index in [0.717, 1.165) is 11.3 Å². The first-order valence-electron chi connectivity index (χ1n) is 9.26. The fraction of sp³-hybridized carbons (Fsp3) is 0.238. The molecule has 0 saturated heterocycles. The van der Waals surface area contributed by atoms with Gasteiger partial charge in [0, 0.05) is 5.56 Å². The molecule has 4 aromatic rings. The van der Waals surface area contributed by atoms with E-state index in [2.05, 4.69) is 20.3 Å². The topological polar surface area (TPSA) is 87.1 Å². The van der Waals surface area contributed by atoms with Crippen LogP contribution in [-0.4, -0.2) is 20.3 Å². The Morgan fingerprint density at radius 1 is 1.13 bits per heavy atom. The van der Waals surface area contributed by atoms with E-state index >= 15 is 0 Å². The molecule has 1 unspecified atom stereocenters. The normalized spacial score (nSPS) is 12.1. The van der Waals surface area contributed by atoms with Gasteiger partial charge in [-0.3, -0.25) is 0 Å². The van der Waals surface area contributed by atoms with Gasteiger partial charge in [0.1, 0.15) is 11.6 Å². The molecule has 9 heteroatoms. The molecule has 4 rings (SSSR count). The summed E-state index contributed by atoms with van der Waals surface area (Å²) in [5.74, 6) is 1.50. The van der Waals surface area contributed by atoms with Crippen LogP contribution in [0.4, 0.5) is 4.39 Å². The van der Waals surface area contributed by atoms with Gasteiger partial charge in [-0.1, -0.05) is 41.2 Å². The predicted molar refractivity (Wildman–Crippen MR) is 109 cm³/mol. The molecule has 0 aliphatic rings. The highest BCUT2D eigenvalue weighted by atomic mass is 32.2. The maximum Gasteiger partial charge on any atom is 0.277 e. The third-order valence-electron chi connectivity index (χ3n) is 4.30. The Hall–Kier alpha value is -3.20.